The lowest BCUT2D eigenvalue weighted by atomic mass is 9.94. The van der Waals surface area contributed by atoms with E-state index in [0.29, 0.717) is 41.5 Å². The maximum absolute atomic E-state index is 12.7. The molecule has 0 aromatic heterocycles. The van der Waals surface area contributed by atoms with Crippen molar-refractivity contribution in [2.75, 3.05) is 20.3 Å². The molecule has 1 atom stereocenters. The predicted molar refractivity (Wildman–Crippen MR) is 117 cm³/mol. The second-order valence-corrected chi connectivity index (χ2v) is 7.07. The molecule has 0 saturated heterocycles. The fraction of sp³-hybridized carbons (Fsp3) is 0.333. The minimum absolute atomic E-state index is 0.246. The molecular weight excluding hydrogens is 396 g/mol. The van der Waals surface area contributed by atoms with Crippen molar-refractivity contribution < 1.29 is 23.8 Å². The van der Waals surface area contributed by atoms with Gasteiger partial charge >= 0.3 is 12.0 Å². The Labute approximate surface area is 182 Å². The number of carbonyl (C=O) groups is 2. The summed E-state index contributed by atoms with van der Waals surface area (Å²) in [4.78, 5) is 26.5. The fourth-order valence-corrected chi connectivity index (χ4v) is 3.39. The molecule has 1 aliphatic heterocycles. The Bertz CT molecular complexity index is 971. The zero-order valence-electron chi connectivity index (χ0n) is 18.3. The fourth-order valence-electron chi connectivity index (χ4n) is 3.39. The van der Waals surface area contributed by atoms with Crippen LogP contribution in [0.1, 0.15) is 37.9 Å². The van der Waals surface area contributed by atoms with Gasteiger partial charge in [0, 0.05) is 12.7 Å². The van der Waals surface area contributed by atoms with Gasteiger partial charge in [0.25, 0.3) is 0 Å². The Hall–Kier alpha value is -3.48. The van der Waals surface area contributed by atoms with Crippen LogP contribution in [0, 0.1) is 0 Å². The van der Waals surface area contributed by atoms with Crippen LogP contribution in [-0.4, -0.2) is 37.2 Å². The first-order chi connectivity index (χ1) is 15.0. The average Bonchev–Trinajstić information content (AvgIpc) is 2.77. The van der Waals surface area contributed by atoms with Gasteiger partial charge in [-0.1, -0.05) is 36.4 Å². The van der Waals surface area contributed by atoms with Gasteiger partial charge in [0.15, 0.2) is 11.5 Å². The molecule has 2 aromatic rings. The summed E-state index contributed by atoms with van der Waals surface area (Å²) in [5, 5.41) is 2.88. The van der Waals surface area contributed by atoms with E-state index < -0.39 is 12.0 Å². The lowest BCUT2D eigenvalue weighted by Crippen LogP contribution is -2.46. The van der Waals surface area contributed by atoms with E-state index in [-0.39, 0.29) is 12.6 Å². The standard InChI is InChI=1S/C24H28N2O5/c1-5-29-20-14-18(12-13-19(20)31-15-17-10-8-7-9-11-17)22-21(23(27)30-6-2)16(3)26(4)24(28)25-22/h7-14,22H,5-6,15H2,1-4H3,(H,25,28)/t22-/m0/s1. The van der Waals surface area contributed by atoms with Crippen molar-refractivity contribution in [2.45, 2.75) is 33.4 Å². The Kier molecular flexibility index (Phi) is 7.18. The topological polar surface area (TPSA) is 77.1 Å². The molecule has 2 amide bonds. The van der Waals surface area contributed by atoms with E-state index in [0.717, 1.165) is 5.56 Å². The molecule has 3 rings (SSSR count). The summed E-state index contributed by atoms with van der Waals surface area (Å²) < 4.78 is 17.0. The van der Waals surface area contributed by atoms with Crippen molar-refractivity contribution in [3.05, 3.63) is 70.9 Å². The first kappa shape index (κ1) is 22.2. The Morgan fingerprint density at radius 1 is 1.03 bits per heavy atom. The lowest BCUT2D eigenvalue weighted by molar-refractivity contribution is -0.139. The van der Waals surface area contributed by atoms with Gasteiger partial charge in [-0.2, -0.15) is 0 Å². The van der Waals surface area contributed by atoms with E-state index in [9.17, 15) is 9.59 Å². The van der Waals surface area contributed by atoms with Gasteiger partial charge in [0.1, 0.15) is 6.61 Å². The minimum atomic E-state index is -0.648. The molecular formula is C24H28N2O5. The van der Waals surface area contributed by atoms with Crippen molar-refractivity contribution >= 4 is 12.0 Å². The van der Waals surface area contributed by atoms with E-state index in [1.807, 2.05) is 43.3 Å². The molecule has 1 heterocycles. The van der Waals surface area contributed by atoms with Gasteiger partial charge in [-0.15, -0.1) is 0 Å². The third-order valence-corrected chi connectivity index (χ3v) is 5.09. The van der Waals surface area contributed by atoms with Gasteiger partial charge in [-0.05, 0) is 44.0 Å². The third-order valence-electron chi connectivity index (χ3n) is 5.09. The molecule has 0 aliphatic carbocycles. The highest BCUT2D eigenvalue weighted by Gasteiger charge is 2.35. The van der Waals surface area contributed by atoms with Crippen LogP contribution in [-0.2, 0) is 16.1 Å². The van der Waals surface area contributed by atoms with Crippen LogP contribution < -0.4 is 14.8 Å². The number of esters is 1. The zero-order valence-corrected chi connectivity index (χ0v) is 18.3. The third kappa shape index (κ3) is 4.99. The summed E-state index contributed by atoms with van der Waals surface area (Å²) in [5.74, 6) is 0.677. The number of carbonyl (C=O) groups excluding carboxylic acids is 2. The molecule has 164 valence electrons. The van der Waals surface area contributed by atoms with E-state index in [1.54, 1.807) is 33.0 Å². The molecule has 0 saturated carbocycles. The van der Waals surface area contributed by atoms with Crippen molar-refractivity contribution in [3.8, 4) is 11.5 Å². The predicted octanol–water partition coefficient (Wildman–Crippen LogP) is 4.20. The van der Waals surface area contributed by atoms with E-state index >= 15 is 0 Å². The second-order valence-electron chi connectivity index (χ2n) is 7.07. The van der Waals surface area contributed by atoms with Gasteiger partial charge in [0.2, 0.25) is 0 Å². The van der Waals surface area contributed by atoms with Crippen LogP contribution in [0.25, 0.3) is 0 Å². The SMILES string of the molecule is CCOC(=O)C1=C(C)N(C)C(=O)N[C@H]1c1ccc(OCc2ccccc2)c(OCC)c1. The summed E-state index contributed by atoms with van der Waals surface area (Å²) in [6.45, 7) is 6.47. The van der Waals surface area contributed by atoms with Crippen LogP contribution in [0.15, 0.2) is 59.8 Å². The first-order valence-electron chi connectivity index (χ1n) is 10.3. The number of rotatable bonds is 8. The molecule has 0 fully saturated rings. The quantitative estimate of drug-likeness (QED) is 0.643. The largest absolute Gasteiger partial charge is 0.490 e. The molecule has 7 heteroatoms. The van der Waals surface area contributed by atoms with Gasteiger partial charge in [-0.3, -0.25) is 0 Å². The minimum Gasteiger partial charge on any atom is -0.490 e. The maximum Gasteiger partial charge on any atom is 0.338 e. The van der Waals surface area contributed by atoms with Crippen LogP contribution in [0.2, 0.25) is 0 Å². The van der Waals surface area contributed by atoms with Gasteiger partial charge in [0.05, 0.1) is 24.8 Å². The molecule has 7 nitrogen and oxygen atoms in total. The molecule has 0 bridgehead atoms. The highest BCUT2D eigenvalue weighted by atomic mass is 16.5. The highest BCUT2D eigenvalue weighted by Crippen LogP contribution is 2.36. The highest BCUT2D eigenvalue weighted by molar-refractivity contribution is 5.95. The van der Waals surface area contributed by atoms with E-state index in [4.69, 9.17) is 14.2 Å². The summed E-state index contributed by atoms with van der Waals surface area (Å²) >= 11 is 0. The van der Waals surface area contributed by atoms with E-state index in [2.05, 4.69) is 5.32 Å². The van der Waals surface area contributed by atoms with Crippen molar-refractivity contribution in [3.63, 3.8) is 0 Å². The molecule has 0 radical (unpaired) electrons. The van der Waals surface area contributed by atoms with E-state index in [1.165, 1.54) is 4.90 Å². The number of nitrogens with one attached hydrogen (secondary N) is 1. The number of hydrogen-bond donors (Lipinski definition) is 1. The van der Waals surface area contributed by atoms with Crippen molar-refractivity contribution in [2.24, 2.45) is 0 Å². The number of allylic oxidation sites excluding steroid dienone is 1. The number of hydrogen-bond acceptors (Lipinski definition) is 5. The summed E-state index contributed by atoms with van der Waals surface area (Å²) in [6, 6.07) is 14.3. The second kappa shape index (κ2) is 10.0. The van der Waals surface area contributed by atoms with Gasteiger partial charge in [-0.25, -0.2) is 9.59 Å². The van der Waals surface area contributed by atoms with Gasteiger partial charge < -0.3 is 24.4 Å². The zero-order chi connectivity index (χ0) is 22.4. The molecule has 2 aromatic carbocycles. The molecule has 31 heavy (non-hydrogen) atoms. The average molecular weight is 424 g/mol. The number of urea groups is 1. The Morgan fingerprint density at radius 3 is 2.45 bits per heavy atom. The van der Waals surface area contributed by atoms with Crippen LogP contribution in [0.3, 0.4) is 0 Å². The smallest absolute Gasteiger partial charge is 0.338 e. The van der Waals surface area contributed by atoms with Crippen molar-refractivity contribution in [1.29, 1.82) is 0 Å². The molecule has 0 unspecified atom stereocenters. The van der Waals surface area contributed by atoms with Crippen LogP contribution >= 0.6 is 0 Å². The first-order valence-corrected chi connectivity index (χ1v) is 10.3. The van der Waals surface area contributed by atoms with Crippen LogP contribution in [0.4, 0.5) is 4.79 Å². The maximum atomic E-state index is 12.7. The Morgan fingerprint density at radius 2 is 1.77 bits per heavy atom. The Balaban J connectivity index is 1.94. The lowest BCUT2D eigenvalue weighted by Gasteiger charge is -2.33. The summed E-state index contributed by atoms with van der Waals surface area (Å²) in [6.07, 6.45) is 0. The number of ether oxygens (including phenoxy) is 3. The van der Waals surface area contributed by atoms with Crippen LogP contribution in [0.5, 0.6) is 11.5 Å². The number of nitrogens with zero attached hydrogens (tertiary/aromatic N) is 1. The summed E-state index contributed by atoms with van der Waals surface area (Å²) in [5.41, 5.74) is 2.69. The molecule has 1 N–H and O–H groups in total. The molecule has 1 aliphatic rings. The number of benzene rings is 2. The summed E-state index contributed by atoms with van der Waals surface area (Å²) in [7, 11) is 1.62. The number of amides is 2. The van der Waals surface area contributed by atoms with Crippen molar-refractivity contribution in [1.82, 2.24) is 10.2 Å². The normalized spacial score (nSPS) is 16.1. The monoisotopic (exact) mass is 424 g/mol. The molecule has 0 spiro atoms.